The molecule has 3 aromatic carbocycles. The summed E-state index contributed by atoms with van der Waals surface area (Å²) in [5.74, 6) is 3.55. The van der Waals surface area contributed by atoms with Crippen molar-refractivity contribution in [3.05, 3.63) is 89.7 Å². The second-order valence-electron chi connectivity index (χ2n) is 10.7. The van der Waals surface area contributed by atoms with Crippen molar-refractivity contribution in [3.63, 3.8) is 0 Å². The number of hydrogen-bond acceptors (Lipinski definition) is 8. The van der Waals surface area contributed by atoms with Gasteiger partial charge >= 0.3 is 0 Å². The van der Waals surface area contributed by atoms with E-state index in [0.717, 1.165) is 71.9 Å². The van der Waals surface area contributed by atoms with Crippen LogP contribution in [0.3, 0.4) is 0 Å². The van der Waals surface area contributed by atoms with Crippen molar-refractivity contribution >= 4 is 11.0 Å². The molecule has 1 aromatic heterocycles. The third-order valence-electron chi connectivity index (χ3n) is 7.64. The summed E-state index contributed by atoms with van der Waals surface area (Å²) in [5, 5.41) is 4.50. The second kappa shape index (κ2) is 16.3. The molecule has 2 heterocycles. The van der Waals surface area contributed by atoms with Gasteiger partial charge in [-0.1, -0.05) is 42.5 Å². The molecule has 1 saturated heterocycles. The van der Waals surface area contributed by atoms with Gasteiger partial charge in [-0.05, 0) is 48.9 Å². The van der Waals surface area contributed by atoms with Crippen LogP contribution >= 0.6 is 0 Å². The van der Waals surface area contributed by atoms with Crippen LogP contribution in [0.1, 0.15) is 42.1 Å². The number of hydrogen-bond donors (Lipinski definition) is 1. The third-order valence-corrected chi connectivity index (χ3v) is 7.64. The lowest BCUT2D eigenvalue weighted by molar-refractivity contribution is 0.00340. The first-order chi connectivity index (χ1) is 21.2. The standard InChI is InChI=1S/C35H43NO7/c1-37-18-6-21-41-33-11-5-9-27-22-30(43-35(27)33)25-42-34-23-36-17-16-31(34)26-12-14-29(15-13-26)40-20-7-19-39-24-28-8-3-4-10-32(28)38-2/h3-5,8-15,22,31,34,36H,6-7,16-21,23-25H2,1-2H3/t31-,34?/m1/s1. The van der Waals surface area contributed by atoms with Gasteiger partial charge < -0.3 is 38.2 Å². The average Bonchev–Trinajstić information content (AvgIpc) is 3.48. The molecule has 2 atom stereocenters. The van der Waals surface area contributed by atoms with Gasteiger partial charge in [0.05, 0.1) is 39.6 Å². The highest BCUT2D eigenvalue weighted by molar-refractivity contribution is 5.83. The van der Waals surface area contributed by atoms with E-state index < -0.39 is 0 Å². The van der Waals surface area contributed by atoms with E-state index in [0.29, 0.717) is 45.6 Å². The quantitative estimate of drug-likeness (QED) is 0.140. The molecule has 0 saturated carbocycles. The van der Waals surface area contributed by atoms with Crippen molar-refractivity contribution in [2.45, 2.75) is 44.5 Å². The predicted molar refractivity (Wildman–Crippen MR) is 166 cm³/mol. The molecular formula is C35H43NO7. The SMILES string of the molecule is COCCCOc1cccc2cc(COC3CNCC[C@@H]3c3ccc(OCCCOCc4ccccc4OC)cc3)oc12. The van der Waals surface area contributed by atoms with Gasteiger partial charge in [0.1, 0.15) is 23.9 Å². The van der Waals surface area contributed by atoms with E-state index >= 15 is 0 Å². The van der Waals surface area contributed by atoms with E-state index in [2.05, 4.69) is 29.6 Å². The Kier molecular flexibility index (Phi) is 11.7. The summed E-state index contributed by atoms with van der Waals surface area (Å²) in [6, 6.07) is 24.3. The van der Waals surface area contributed by atoms with Crippen molar-refractivity contribution in [1.29, 1.82) is 0 Å². The highest BCUT2D eigenvalue weighted by atomic mass is 16.5. The van der Waals surface area contributed by atoms with Gasteiger partial charge in [-0.15, -0.1) is 0 Å². The van der Waals surface area contributed by atoms with Gasteiger partial charge in [0.15, 0.2) is 11.3 Å². The van der Waals surface area contributed by atoms with Crippen molar-refractivity contribution in [2.75, 3.05) is 53.7 Å². The van der Waals surface area contributed by atoms with Crippen molar-refractivity contribution in [1.82, 2.24) is 5.32 Å². The number of para-hydroxylation sites is 2. The Morgan fingerprint density at radius 3 is 2.49 bits per heavy atom. The number of fused-ring (bicyclic) bond motifs is 1. The lowest BCUT2D eigenvalue weighted by Crippen LogP contribution is -2.40. The van der Waals surface area contributed by atoms with E-state index in [1.807, 2.05) is 48.5 Å². The van der Waals surface area contributed by atoms with Crippen LogP contribution in [0.25, 0.3) is 11.0 Å². The molecule has 1 N–H and O–H groups in total. The summed E-state index contributed by atoms with van der Waals surface area (Å²) in [6.07, 6.45) is 2.69. The van der Waals surface area contributed by atoms with Crippen molar-refractivity contribution in [2.24, 2.45) is 0 Å². The normalized spacial score (nSPS) is 16.8. The number of benzene rings is 3. The molecule has 43 heavy (non-hydrogen) atoms. The van der Waals surface area contributed by atoms with Crippen LogP contribution in [0, 0.1) is 0 Å². The Balaban J connectivity index is 1.08. The number of piperidine rings is 1. The smallest absolute Gasteiger partial charge is 0.176 e. The number of nitrogens with one attached hydrogen (secondary N) is 1. The summed E-state index contributed by atoms with van der Waals surface area (Å²) >= 11 is 0. The zero-order valence-electron chi connectivity index (χ0n) is 25.2. The number of methoxy groups -OCH3 is 2. The fourth-order valence-electron chi connectivity index (χ4n) is 5.40. The van der Waals surface area contributed by atoms with Gasteiger partial charge in [0, 0.05) is 50.0 Å². The molecule has 1 aliphatic rings. The number of furan rings is 1. The molecule has 0 radical (unpaired) electrons. The summed E-state index contributed by atoms with van der Waals surface area (Å²) in [4.78, 5) is 0. The van der Waals surface area contributed by atoms with Crippen LogP contribution in [0.4, 0.5) is 0 Å². The molecule has 4 aromatic rings. The van der Waals surface area contributed by atoms with Crippen molar-refractivity contribution in [3.8, 4) is 17.2 Å². The molecule has 8 heteroatoms. The third kappa shape index (κ3) is 8.74. The molecule has 0 bridgehead atoms. The molecule has 1 aliphatic heterocycles. The van der Waals surface area contributed by atoms with Gasteiger partial charge in [-0.2, -0.15) is 0 Å². The zero-order chi connectivity index (χ0) is 29.7. The Bertz CT molecular complexity index is 1390. The fraction of sp³-hybridized carbons (Fsp3) is 0.429. The van der Waals surface area contributed by atoms with E-state index in [-0.39, 0.29) is 6.10 Å². The molecular weight excluding hydrogens is 546 g/mol. The molecule has 8 nitrogen and oxygen atoms in total. The lowest BCUT2D eigenvalue weighted by atomic mass is 9.87. The number of rotatable bonds is 17. The van der Waals surface area contributed by atoms with Crippen LogP contribution in [0.2, 0.25) is 0 Å². The molecule has 230 valence electrons. The van der Waals surface area contributed by atoms with Crippen LogP contribution in [0.5, 0.6) is 17.2 Å². The largest absolute Gasteiger partial charge is 0.496 e. The van der Waals surface area contributed by atoms with E-state index in [1.165, 1.54) is 5.56 Å². The van der Waals surface area contributed by atoms with E-state index in [9.17, 15) is 0 Å². The minimum Gasteiger partial charge on any atom is -0.496 e. The highest BCUT2D eigenvalue weighted by Gasteiger charge is 2.27. The maximum atomic E-state index is 6.43. The minimum atomic E-state index is 0.0406. The Labute approximate surface area is 254 Å². The molecule has 0 spiro atoms. The Morgan fingerprint density at radius 1 is 0.814 bits per heavy atom. The van der Waals surface area contributed by atoms with Gasteiger partial charge in [0.2, 0.25) is 0 Å². The average molecular weight is 590 g/mol. The molecule has 0 aliphatic carbocycles. The second-order valence-corrected chi connectivity index (χ2v) is 10.7. The van der Waals surface area contributed by atoms with Gasteiger partial charge in [0.25, 0.3) is 0 Å². The summed E-state index contributed by atoms with van der Waals surface area (Å²) in [5.41, 5.74) is 3.07. The topological polar surface area (TPSA) is 80.6 Å². The van der Waals surface area contributed by atoms with E-state index in [1.54, 1.807) is 14.2 Å². The minimum absolute atomic E-state index is 0.0406. The van der Waals surface area contributed by atoms with Crippen molar-refractivity contribution < 1.29 is 32.8 Å². The molecule has 5 rings (SSSR count). The molecule has 1 unspecified atom stereocenters. The Hall–Kier alpha value is -3.56. The summed E-state index contributed by atoms with van der Waals surface area (Å²) in [6.45, 7) is 5.16. The monoisotopic (exact) mass is 589 g/mol. The van der Waals surface area contributed by atoms with Crippen LogP contribution in [-0.4, -0.2) is 59.8 Å². The van der Waals surface area contributed by atoms with Gasteiger partial charge in [-0.25, -0.2) is 0 Å². The maximum Gasteiger partial charge on any atom is 0.176 e. The predicted octanol–water partition coefficient (Wildman–Crippen LogP) is 6.50. The fourth-order valence-corrected chi connectivity index (χ4v) is 5.40. The maximum absolute atomic E-state index is 6.43. The van der Waals surface area contributed by atoms with Gasteiger partial charge in [-0.3, -0.25) is 0 Å². The first kappa shape index (κ1) is 30.9. The van der Waals surface area contributed by atoms with Crippen LogP contribution in [-0.2, 0) is 27.4 Å². The summed E-state index contributed by atoms with van der Waals surface area (Å²) < 4.78 is 40.8. The first-order valence-corrected chi connectivity index (χ1v) is 15.1. The zero-order valence-corrected chi connectivity index (χ0v) is 25.2. The first-order valence-electron chi connectivity index (χ1n) is 15.1. The highest BCUT2D eigenvalue weighted by Crippen LogP contribution is 2.32. The number of ether oxygens (including phenoxy) is 6. The molecule has 0 amide bonds. The molecule has 1 fully saturated rings. The van der Waals surface area contributed by atoms with Crippen LogP contribution in [0.15, 0.2) is 77.2 Å². The Morgan fingerprint density at radius 2 is 1.63 bits per heavy atom. The lowest BCUT2D eigenvalue weighted by Gasteiger charge is -2.32. The van der Waals surface area contributed by atoms with Crippen LogP contribution < -0.4 is 19.5 Å². The summed E-state index contributed by atoms with van der Waals surface area (Å²) in [7, 11) is 3.37. The van der Waals surface area contributed by atoms with E-state index in [4.69, 9.17) is 32.8 Å².